The Morgan fingerprint density at radius 2 is 2.00 bits per heavy atom. The molecule has 0 fully saturated rings. The molecule has 0 spiro atoms. The van der Waals surface area contributed by atoms with Crippen LogP contribution in [-0.2, 0) is 24.2 Å². The smallest absolute Gasteiger partial charge is 0.273 e. The third-order valence-electron chi connectivity index (χ3n) is 6.01. The Kier molecular flexibility index (Phi) is 7.77. The molecule has 2 aromatic heterocycles. The van der Waals surface area contributed by atoms with Crippen LogP contribution >= 0.6 is 0 Å². The Morgan fingerprint density at radius 1 is 1.15 bits per heavy atom. The molecule has 0 atom stereocenters. The van der Waals surface area contributed by atoms with Crippen LogP contribution < -0.4 is 5.32 Å². The fourth-order valence-electron chi connectivity index (χ4n) is 4.08. The van der Waals surface area contributed by atoms with Crippen molar-refractivity contribution in [1.29, 1.82) is 0 Å². The van der Waals surface area contributed by atoms with Gasteiger partial charge in [-0.2, -0.15) is 0 Å². The maximum absolute atomic E-state index is 12.3. The number of hydrogen-bond donors (Lipinski definition) is 2. The van der Waals surface area contributed by atoms with Gasteiger partial charge in [-0.3, -0.25) is 9.69 Å². The highest BCUT2D eigenvalue weighted by atomic mass is 16.5. The summed E-state index contributed by atoms with van der Waals surface area (Å²) in [7, 11) is 1.60. The van der Waals surface area contributed by atoms with E-state index in [1.807, 2.05) is 6.07 Å². The number of nitrogens with one attached hydrogen (secondary N) is 2. The molecule has 2 N–H and O–H groups in total. The third kappa shape index (κ3) is 5.92. The molecule has 0 saturated carbocycles. The van der Waals surface area contributed by atoms with Crippen molar-refractivity contribution in [2.45, 2.75) is 33.4 Å². The van der Waals surface area contributed by atoms with Crippen molar-refractivity contribution in [1.82, 2.24) is 20.2 Å². The quantitative estimate of drug-likeness (QED) is 0.324. The number of nitrogens with zero attached hydrogens (tertiary/aromatic N) is 2. The lowest BCUT2D eigenvalue weighted by Crippen LogP contribution is -2.28. The predicted octanol–water partition coefficient (Wildman–Crippen LogP) is 4.39. The van der Waals surface area contributed by atoms with Gasteiger partial charge in [-0.1, -0.05) is 42.0 Å². The molecule has 1 amide bonds. The lowest BCUT2D eigenvalue weighted by molar-refractivity contribution is 0.0932. The average molecular weight is 461 g/mol. The topological polar surface area (TPSA) is 83.4 Å². The van der Waals surface area contributed by atoms with Crippen LogP contribution in [-0.4, -0.2) is 47.6 Å². The Balaban J connectivity index is 1.49. The highest BCUT2D eigenvalue weighted by Gasteiger charge is 2.16. The van der Waals surface area contributed by atoms with Gasteiger partial charge < -0.3 is 19.5 Å². The van der Waals surface area contributed by atoms with Crippen molar-refractivity contribution < 1.29 is 13.9 Å². The summed E-state index contributed by atoms with van der Waals surface area (Å²) in [5.74, 6) is 0.271. The van der Waals surface area contributed by atoms with Crippen molar-refractivity contribution >= 4 is 16.8 Å². The van der Waals surface area contributed by atoms with E-state index >= 15 is 0 Å². The molecule has 0 aliphatic carbocycles. The van der Waals surface area contributed by atoms with Crippen molar-refractivity contribution in [2.75, 3.05) is 26.8 Å². The molecule has 0 unspecified atom stereocenters. The second kappa shape index (κ2) is 11.1. The molecule has 0 aliphatic heterocycles. The van der Waals surface area contributed by atoms with Crippen molar-refractivity contribution in [3.8, 4) is 0 Å². The zero-order valence-corrected chi connectivity index (χ0v) is 20.1. The van der Waals surface area contributed by atoms with Gasteiger partial charge in [0.25, 0.3) is 5.91 Å². The first-order chi connectivity index (χ1) is 16.5. The van der Waals surface area contributed by atoms with E-state index in [1.165, 1.54) is 33.9 Å². The summed E-state index contributed by atoms with van der Waals surface area (Å²) < 4.78 is 10.6. The van der Waals surface area contributed by atoms with Gasteiger partial charge in [0.15, 0.2) is 5.69 Å². The number of aromatic amines is 1. The molecule has 178 valence electrons. The molecule has 2 heterocycles. The number of fused-ring (bicyclic) bond motifs is 1. The van der Waals surface area contributed by atoms with Crippen LogP contribution in [0.1, 0.15) is 38.6 Å². The molecule has 34 heavy (non-hydrogen) atoms. The minimum Gasteiger partial charge on any atom is -0.447 e. The first-order valence-corrected chi connectivity index (χ1v) is 11.6. The van der Waals surface area contributed by atoms with Gasteiger partial charge in [0, 0.05) is 43.8 Å². The molecule has 2 aromatic carbocycles. The molecule has 0 saturated heterocycles. The fraction of sp³-hybridized carbons (Fsp3) is 0.333. The normalized spacial score (nSPS) is 11.4. The number of carbonyl (C=O) groups is 1. The van der Waals surface area contributed by atoms with E-state index in [2.05, 4.69) is 76.6 Å². The van der Waals surface area contributed by atoms with Gasteiger partial charge in [-0.25, -0.2) is 4.98 Å². The summed E-state index contributed by atoms with van der Waals surface area (Å²) in [4.78, 5) is 22.4. The Bertz CT molecular complexity index is 1240. The van der Waals surface area contributed by atoms with Gasteiger partial charge in [0.2, 0.25) is 5.89 Å². The van der Waals surface area contributed by atoms with Gasteiger partial charge >= 0.3 is 0 Å². The van der Waals surface area contributed by atoms with Crippen LogP contribution in [0.2, 0.25) is 0 Å². The van der Waals surface area contributed by atoms with Crippen LogP contribution in [0.5, 0.6) is 0 Å². The number of aromatic nitrogens is 2. The zero-order valence-electron chi connectivity index (χ0n) is 20.1. The summed E-state index contributed by atoms with van der Waals surface area (Å²) in [6, 6.07) is 14.9. The Morgan fingerprint density at radius 3 is 2.85 bits per heavy atom. The second-order valence-corrected chi connectivity index (χ2v) is 8.63. The molecule has 0 aliphatic rings. The fourth-order valence-corrected chi connectivity index (χ4v) is 4.08. The van der Waals surface area contributed by atoms with Gasteiger partial charge in [0.1, 0.15) is 6.26 Å². The van der Waals surface area contributed by atoms with Crippen LogP contribution in [0.4, 0.5) is 0 Å². The number of hydrogen-bond acceptors (Lipinski definition) is 5. The molecular weight excluding hydrogens is 428 g/mol. The summed E-state index contributed by atoms with van der Waals surface area (Å²) in [6.45, 7) is 7.25. The number of amides is 1. The molecule has 0 radical (unpaired) electrons. The number of rotatable bonds is 11. The van der Waals surface area contributed by atoms with E-state index in [-0.39, 0.29) is 11.6 Å². The molecular formula is C27H32N4O3. The summed E-state index contributed by atoms with van der Waals surface area (Å²) in [6.07, 6.45) is 4.40. The Hall–Kier alpha value is -3.42. The maximum atomic E-state index is 12.3. The molecule has 7 nitrogen and oxygen atoms in total. The van der Waals surface area contributed by atoms with Crippen LogP contribution in [0, 0.1) is 13.8 Å². The molecule has 4 aromatic rings. The largest absolute Gasteiger partial charge is 0.447 e. The summed E-state index contributed by atoms with van der Waals surface area (Å²) >= 11 is 0. The van der Waals surface area contributed by atoms with Crippen molar-refractivity contribution in [2.24, 2.45) is 0 Å². The zero-order chi connectivity index (χ0) is 23.9. The van der Waals surface area contributed by atoms with Crippen molar-refractivity contribution in [3.05, 3.63) is 88.8 Å². The average Bonchev–Trinajstić information content (AvgIpc) is 3.47. The second-order valence-electron chi connectivity index (χ2n) is 8.63. The molecule has 7 heteroatoms. The van der Waals surface area contributed by atoms with E-state index in [1.54, 1.807) is 7.11 Å². The lowest BCUT2D eigenvalue weighted by atomic mass is 10.0. The van der Waals surface area contributed by atoms with Crippen LogP contribution in [0.15, 0.2) is 59.3 Å². The van der Waals surface area contributed by atoms with Gasteiger partial charge in [0.05, 0.1) is 13.2 Å². The Labute approximate surface area is 200 Å². The van der Waals surface area contributed by atoms with E-state index < -0.39 is 0 Å². The standard InChI is InChI=1S/C27H32N4O3/c1-19-8-9-20(2)22(14-19)16-31(12-10-21-15-29-24-7-5-4-6-23(21)24)17-26-30-25(18-34-26)27(32)28-11-13-33-3/h4-9,14-15,18,29H,10-13,16-17H2,1-3H3,(H,28,32). The first kappa shape index (κ1) is 23.7. The van der Waals surface area contributed by atoms with Gasteiger partial charge in [-0.05, 0) is 43.0 Å². The predicted molar refractivity (Wildman–Crippen MR) is 133 cm³/mol. The SMILES string of the molecule is COCCNC(=O)c1coc(CN(CCc2c[nH]c3ccccc23)Cc2cc(C)ccc2C)n1. The first-order valence-electron chi connectivity index (χ1n) is 11.6. The van der Waals surface area contributed by atoms with E-state index in [0.29, 0.717) is 25.6 Å². The highest BCUT2D eigenvalue weighted by molar-refractivity contribution is 5.91. The van der Waals surface area contributed by atoms with Crippen LogP contribution in [0.3, 0.4) is 0 Å². The van der Waals surface area contributed by atoms with Crippen molar-refractivity contribution in [3.63, 3.8) is 0 Å². The van der Waals surface area contributed by atoms with E-state index in [0.717, 1.165) is 25.0 Å². The number of methoxy groups -OCH3 is 1. The molecule has 4 rings (SSSR count). The third-order valence-corrected chi connectivity index (χ3v) is 6.01. The monoisotopic (exact) mass is 460 g/mol. The van der Waals surface area contributed by atoms with E-state index in [9.17, 15) is 4.79 Å². The number of benzene rings is 2. The maximum Gasteiger partial charge on any atom is 0.273 e. The summed E-state index contributed by atoms with van der Waals surface area (Å²) in [5, 5.41) is 4.03. The number of oxazole rings is 1. The molecule has 0 bridgehead atoms. The number of H-pyrrole nitrogens is 1. The number of para-hydroxylation sites is 1. The van der Waals surface area contributed by atoms with Crippen LogP contribution in [0.25, 0.3) is 10.9 Å². The number of aryl methyl sites for hydroxylation is 2. The van der Waals surface area contributed by atoms with E-state index in [4.69, 9.17) is 9.15 Å². The minimum atomic E-state index is -0.257. The van der Waals surface area contributed by atoms with Gasteiger partial charge in [-0.15, -0.1) is 0 Å². The number of carbonyl (C=O) groups excluding carboxylic acids is 1. The number of ether oxygens (including phenoxy) is 1. The highest BCUT2D eigenvalue weighted by Crippen LogP contribution is 2.20. The lowest BCUT2D eigenvalue weighted by Gasteiger charge is -2.22. The summed E-state index contributed by atoms with van der Waals surface area (Å²) in [5.41, 5.74) is 6.50. The minimum absolute atomic E-state index is 0.257.